The molecule has 1 aliphatic carbocycles. The van der Waals surface area contributed by atoms with Gasteiger partial charge in [-0.3, -0.25) is 19.7 Å². The Bertz CT molecular complexity index is 1380. The smallest absolute Gasteiger partial charge is 0.254 e. The number of rotatable bonds is 2. The molecule has 3 heterocycles. The fraction of sp³-hybridized carbons (Fsp3) is 0.250. The highest BCUT2D eigenvalue weighted by atomic mass is 79.9. The van der Waals surface area contributed by atoms with Crippen molar-refractivity contribution in [2.24, 2.45) is 0 Å². The summed E-state index contributed by atoms with van der Waals surface area (Å²) in [6.07, 6.45) is 5.52. The predicted molar refractivity (Wildman–Crippen MR) is 142 cm³/mol. The number of fused-ring (bicyclic) bond motifs is 3. The second kappa shape index (κ2) is 9.34. The molecule has 35 heavy (non-hydrogen) atoms. The van der Waals surface area contributed by atoms with E-state index in [9.17, 15) is 4.79 Å². The first-order chi connectivity index (χ1) is 17.1. The number of carbonyl (C=O) groups excluding carboxylic acids is 1. The number of benzene rings is 2. The van der Waals surface area contributed by atoms with Crippen LogP contribution in [0.25, 0.3) is 10.9 Å². The molecule has 1 amide bonds. The van der Waals surface area contributed by atoms with E-state index in [1.165, 1.54) is 16.7 Å². The fourth-order valence-electron chi connectivity index (χ4n) is 5.43. The first-order valence-corrected chi connectivity index (χ1v) is 13.1. The van der Waals surface area contributed by atoms with Gasteiger partial charge in [0.25, 0.3) is 5.91 Å². The second-order valence-corrected chi connectivity index (χ2v) is 10.5. The summed E-state index contributed by atoms with van der Waals surface area (Å²) in [6, 6.07) is 18.1. The van der Waals surface area contributed by atoms with E-state index in [-0.39, 0.29) is 11.9 Å². The molecule has 176 valence electrons. The first kappa shape index (κ1) is 22.7. The van der Waals surface area contributed by atoms with E-state index < -0.39 is 0 Å². The number of amides is 1. The molecule has 0 bridgehead atoms. The molecular formula is C28H24BrClN4O. The highest BCUT2D eigenvalue weighted by Crippen LogP contribution is 2.38. The summed E-state index contributed by atoms with van der Waals surface area (Å²) in [7, 11) is 0. The van der Waals surface area contributed by atoms with Gasteiger partial charge in [0, 0.05) is 59.0 Å². The summed E-state index contributed by atoms with van der Waals surface area (Å²) >= 11 is 9.96. The minimum Gasteiger partial charge on any atom is -0.336 e. The molecular weight excluding hydrogens is 524 g/mol. The Labute approximate surface area is 217 Å². The van der Waals surface area contributed by atoms with Gasteiger partial charge in [-0.25, -0.2) is 0 Å². The number of nitrogens with zero attached hydrogens (tertiary/aromatic N) is 4. The lowest BCUT2D eigenvalue weighted by Crippen LogP contribution is -2.50. The lowest BCUT2D eigenvalue weighted by molar-refractivity contribution is 0.0596. The van der Waals surface area contributed by atoms with Gasteiger partial charge in [0.1, 0.15) is 0 Å². The molecule has 1 atom stereocenters. The standard InChI is InChI=1S/C28H24BrClN4O/c29-20-15-19-7-6-18-16-21(30)8-9-22(18)27(26(19)32-17-20)33-11-13-34(14-12-33)28(35)24-3-1-5-25-23(24)4-2-10-31-25/h1-5,8-10,15-17,27H,6-7,11-14H2. The minimum absolute atomic E-state index is 0.0480. The van der Waals surface area contributed by atoms with Crippen LogP contribution in [0.4, 0.5) is 0 Å². The van der Waals surface area contributed by atoms with Crippen molar-refractivity contribution in [2.75, 3.05) is 26.2 Å². The van der Waals surface area contributed by atoms with Crippen LogP contribution in [-0.4, -0.2) is 51.9 Å². The normalized spacial score (nSPS) is 18.1. The quantitative estimate of drug-likeness (QED) is 0.323. The zero-order valence-electron chi connectivity index (χ0n) is 19.1. The minimum atomic E-state index is 0.0480. The van der Waals surface area contributed by atoms with Crippen molar-refractivity contribution in [3.05, 3.63) is 104 Å². The molecule has 6 rings (SSSR count). The van der Waals surface area contributed by atoms with Crippen LogP contribution in [0.1, 0.15) is 38.8 Å². The maximum Gasteiger partial charge on any atom is 0.254 e. The van der Waals surface area contributed by atoms with Crippen LogP contribution in [0.3, 0.4) is 0 Å². The summed E-state index contributed by atoms with van der Waals surface area (Å²) < 4.78 is 0.999. The molecule has 2 aliphatic rings. The van der Waals surface area contributed by atoms with Gasteiger partial charge in [-0.2, -0.15) is 0 Å². The molecule has 0 N–H and O–H groups in total. The molecule has 2 aromatic heterocycles. The van der Waals surface area contributed by atoms with Crippen molar-refractivity contribution < 1.29 is 4.79 Å². The molecule has 1 saturated heterocycles. The number of halogens is 2. The number of carbonyl (C=O) groups is 1. The van der Waals surface area contributed by atoms with Crippen molar-refractivity contribution >= 4 is 44.3 Å². The van der Waals surface area contributed by atoms with E-state index in [1.807, 2.05) is 47.5 Å². The Morgan fingerprint density at radius 2 is 1.77 bits per heavy atom. The summed E-state index contributed by atoms with van der Waals surface area (Å²) in [5.41, 5.74) is 6.48. The van der Waals surface area contributed by atoms with E-state index >= 15 is 0 Å². The summed E-state index contributed by atoms with van der Waals surface area (Å²) in [5, 5.41) is 1.67. The van der Waals surface area contributed by atoms with Crippen molar-refractivity contribution in [2.45, 2.75) is 18.9 Å². The van der Waals surface area contributed by atoms with Gasteiger partial charge in [-0.05, 0) is 81.9 Å². The summed E-state index contributed by atoms with van der Waals surface area (Å²) in [6.45, 7) is 2.89. The molecule has 5 nitrogen and oxygen atoms in total. The van der Waals surface area contributed by atoms with Crippen LogP contribution in [0.5, 0.6) is 0 Å². The molecule has 0 saturated carbocycles. The monoisotopic (exact) mass is 546 g/mol. The molecule has 7 heteroatoms. The van der Waals surface area contributed by atoms with Crippen molar-refractivity contribution in [3.63, 3.8) is 0 Å². The van der Waals surface area contributed by atoms with Crippen molar-refractivity contribution in [1.82, 2.24) is 19.8 Å². The van der Waals surface area contributed by atoms with E-state index in [1.54, 1.807) is 6.20 Å². The maximum atomic E-state index is 13.5. The molecule has 0 spiro atoms. The van der Waals surface area contributed by atoms with Crippen LogP contribution in [-0.2, 0) is 12.8 Å². The van der Waals surface area contributed by atoms with E-state index in [0.29, 0.717) is 13.1 Å². The lowest BCUT2D eigenvalue weighted by atomic mass is 9.96. The number of aromatic nitrogens is 2. The number of pyridine rings is 2. The number of piperazine rings is 1. The summed E-state index contributed by atoms with van der Waals surface area (Å²) in [5.74, 6) is 0.0683. The molecule has 0 radical (unpaired) electrons. The number of aryl methyl sites for hydroxylation is 2. The molecule has 4 aromatic rings. The third-order valence-corrected chi connectivity index (χ3v) is 7.80. The Morgan fingerprint density at radius 1 is 0.943 bits per heavy atom. The highest BCUT2D eigenvalue weighted by Gasteiger charge is 2.33. The van der Waals surface area contributed by atoms with Crippen LogP contribution in [0.15, 0.2) is 71.5 Å². The average Bonchev–Trinajstić information content (AvgIpc) is 3.04. The second-order valence-electron chi connectivity index (χ2n) is 9.15. The Kier molecular flexibility index (Phi) is 6.04. The lowest BCUT2D eigenvalue weighted by Gasteiger charge is -2.40. The number of hydrogen-bond donors (Lipinski definition) is 0. The van der Waals surface area contributed by atoms with Gasteiger partial charge in [0.15, 0.2) is 0 Å². The Hall–Kier alpha value is -2.80. The third-order valence-electron chi connectivity index (χ3n) is 7.13. The average molecular weight is 548 g/mol. The van der Waals surface area contributed by atoms with Crippen LogP contribution in [0.2, 0.25) is 5.02 Å². The maximum absolute atomic E-state index is 13.5. The van der Waals surface area contributed by atoms with Gasteiger partial charge in [0.2, 0.25) is 0 Å². The molecule has 1 aliphatic heterocycles. The van der Waals surface area contributed by atoms with Crippen molar-refractivity contribution in [1.29, 1.82) is 0 Å². The third kappa shape index (κ3) is 4.24. The number of hydrogen-bond acceptors (Lipinski definition) is 4. The first-order valence-electron chi connectivity index (χ1n) is 11.9. The highest BCUT2D eigenvalue weighted by molar-refractivity contribution is 9.10. The molecule has 2 aromatic carbocycles. The van der Waals surface area contributed by atoms with Crippen LogP contribution < -0.4 is 0 Å². The van der Waals surface area contributed by atoms with Gasteiger partial charge in [-0.15, -0.1) is 0 Å². The van der Waals surface area contributed by atoms with Crippen LogP contribution >= 0.6 is 27.5 Å². The summed E-state index contributed by atoms with van der Waals surface area (Å²) in [4.78, 5) is 27.2. The van der Waals surface area contributed by atoms with E-state index in [2.05, 4.69) is 44.0 Å². The molecule has 1 fully saturated rings. The Balaban J connectivity index is 1.29. The zero-order valence-corrected chi connectivity index (χ0v) is 21.5. The Morgan fingerprint density at radius 3 is 2.63 bits per heavy atom. The zero-order chi connectivity index (χ0) is 23.9. The van der Waals surface area contributed by atoms with Gasteiger partial charge >= 0.3 is 0 Å². The topological polar surface area (TPSA) is 49.3 Å². The van der Waals surface area contributed by atoms with Gasteiger partial charge < -0.3 is 4.90 Å². The predicted octanol–water partition coefficient (Wildman–Crippen LogP) is 5.69. The van der Waals surface area contributed by atoms with Gasteiger partial charge in [0.05, 0.1) is 17.3 Å². The fourth-order valence-corrected chi connectivity index (χ4v) is 6.00. The molecule has 1 unspecified atom stereocenters. The van der Waals surface area contributed by atoms with E-state index in [4.69, 9.17) is 16.6 Å². The largest absolute Gasteiger partial charge is 0.336 e. The van der Waals surface area contributed by atoms with Crippen LogP contribution in [0, 0.1) is 0 Å². The SMILES string of the molecule is O=C(c1cccc2ncccc12)N1CCN(C2c3ccc(Cl)cc3CCc3cc(Br)cnc32)CC1. The van der Waals surface area contributed by atoms with E-state index in [0.717, 1.165) is 57.6 Å². The van der Waals surface area contributed by atoms with Gasteiger partial charge in [-0.1, -0.05) is 29.8 Å². The van der Waals surface area contributed by atoms with Crippen molar-refractivity contribution in [3.8, 4) is 0 Å².